The van der Waals surface area contributed by atoms with Gasteiger partial charge in [-0.25, -0.2) is 4.39 Å². The van der Waals surface area contributed by atoms with Gasteiger partial charge in [0, 0.05) is 18.2 Å². The van der Waals surface area contributed by atoms with Gasteiger partial charge in [-0.15, -0.1) is 0 Å². The van der Waals surface area contributed by atoms with Gasteiger partial charge in [-0.2, -0.15) is 5.10 Å². The van der Waals surface area contributed by atoms with E-state index in [1.165, 1.54) is 0 Å². The number of hydrogen-bond acceptors (Lipinski definition) is 3. The Labute approximate surface area is 153 Å². The van der Waals surface area contributed by atoms with Crippen LogP contribution in [0.1, 0.15) is 66.8 Å². The molecule has 0 radical (unpaired) electrons. The molecule has 2 heterocycles. The summed E-state index contributed by atoms with van der Waals surface area (Å²) < 4.78 is 16.7. The van der Waals surface area contributed by atoms with E-state index in [0.717, 1.165) is 30.6 Å². The van der Waals surface area contributed by atoms with Crippen molar-refractivity contribution in [3.05, 3.63) is 46.5 Å². The van der Waals surface area contributed by atoms with Crippen molar-refractivity contribution in [2.75, 3.05) is 11.9 Å². The number of halogens is 1. The number of aromatic nitrogens is 2. The predicted octanol–water partition coefficient (Wildman–Crippen LogP) is 3.55. The van der Waals surface area contributed by atoms with Crippen molar-refractivity contribution in [3.63, 3.8) is 0 Å². The second kappa shape index (κ2) is 6.20. The first kappa shape index (κ1) is 17.2. The highest BCUT2D eigenvalue weighted by Crippen LogP contribution is 2.41. The van der Waals surface area contributed by atoms with Crippen LogP contribution < -0.4 is 10.6 Å². The number of carbonyl (C=O) groups is 1. The average Bonchev–Trinajstić information content (AvgIpc) is 3.34. The number of amides is 1. The van der Waals surface area contributed by atoms with Crippen molar-refractivity contribution >= 4 is 11.6 Å². The highest BCUT2D eigenvalue weighted by Gasteiger charge is 2.32. The Morgan fingerprint density at radius 3 is 2.81 bits per heavy atom. The molecule has 1 aliphatic carbocycles. The molecule has 1 amide bonds. The predicted molar refractivity (Wildman–Crippen MR) is 99.0 cm³/mol. The summed E-state index contributed by atoms with van der Waals surface area (Å²) in [6, 6.07) is 5.38. The third-order valence-electron chi connectivity index (χ3n) is 5.06. The lowest BCUT2D eigenvalue weighted by Gasteiger charge is -2.22. The van der Waals surface area contributed by atoms with Crippen molar-refractivity contribution in [2.24, 2.45) is 0 Å². The van der Waals surface area contributed by atoms with Crippen molar-refractivity contribution in [2.45, 2.75) is 58.0 Å². The lowest BCUT2D eigenvalue weighted by atomic mass is 9.99. The summed E-state index contributed by atoms with van der Waals surface area (Å²) in [5.74, 6) is -0.200. The van der Waals surface area contributed by atoms with Crippen LogP contribution in [0.25, 0.3) is 0 Å². The summed E-state index contributed by atoms with van der Waals surface area (Å²) >= 11 is 0. The van der Waals surface area contributed by atoms with Gasteiger partial charge in [0.1, 0.15) is 5.82 Å². The summed E-state index contributed by atoms with van der Waals surface area (Å²) in [6.45, 7) is 7.64. The Morgan fingerprint density at radius 1 is 1.35 bits per heavy atom. The first-order valence-electron chi connectivity index (χ1n) is 9.27. The zero-order valence-electron chi connectivity index (χ0n) is 15.5. The normalized spacial score (nSPS) is 17.1. The molecule has 138 valence electrons. The summed E-state index contributed by atoms with van der Waals surface area (Å²) in [6.07, 6.45) is 2.90. The summed E-state index contributed by atoms with van der Waals surface area (Å²) in [5.41, 5.74) is 3.13. The van der Waals surface area contributed by atoms with Crippen LogP contribution in [0.5, 0.6) is 0 Å². The highest BCUT2D eigenvalue weighted by atomic mass is 19.1. The Kier molecular flexibility index (Phi) is 4.10. The Morgan fingerprint density at radius 2 is 2.12 bits per heavy atom. The minimum atomic E-state index is -0.359. The van der Waals surface area contributed by atoms with E-state index in [9.17, 15) is 9.18 Å². The minimum Gasteiger partial charge on any atom is -0.318 e. The monoisotopic (exact) mass is 356 g/mol. The van der Waals surface area contributed by atoms with Crippen LogP contribution in [-0.2, 0) is 18.5 Å². The zero-order valence-corrected chi connectivity index (χ0v) is 15.5. The smallest absolute Gasteiger partial charge is 0.276 e. The topological polar surface area (TPSA) is 59.0 Å². The third kappa shape index (κ3) is 3.14. The fourth-order valence-corrected chi connectivity index (χ4v) is 3.53. The van der Waals surface area contributed by atoms with Crippen molar-refractivity contribution in [3.8, 4) is 0 Å². The molecule has 1 fully saturated rings. The van der Waals surface area contributed by atoms with E-state index < -0.39 is 0 Å². The number of rotatable bonds is 3. The van der Waals surface area contributed by atoms with Crippen molar-refractivity contribution in [1.82, 2.24) is 15.1 Å². The number of nitrogens with one attached hydrogen (secondary N) is 2. The lowest BCUT2D eigenvalue weighted by Crippen LogP contribution is -2.26. The van der Waals surface area contributed by atoms with Crippen LogP contribution in [-0.4, -0.2) is 22.2 Å². The molecule has 4 rings (SSSR count). The second-order valence-corrected chi connectivity index (χ2v) is 8.26. The number of carbonyl (C=O) groups excluding carboxylic acids is 1. The van der Waals surface area contributed by atoms with E-state index in [0.29, 0.717) is 30.1 Å². The average molecular weight is 356 g/mol. The van der Waals surface area contributed by atoms with E-state index in [2.05, 4.69) is 36.5 Å². The molecule has 2 aliphatic rings. The standard InChI is InChI=1S/C20H25FN4O/c1-20(2,3)25-17(12-4-5-12)10-16(24-25)19(26)23-15-7-6-13-11-22-9-8-14(13)18(15)21/h6-7,10,12,22H,4-5,8-9,11H2,1-3H3,(H,23,26). The minimum absolute atomic E-state index is 0.194. The second-order valence-electron chi connectivity index (χ2n) is 8.26. The first-order chi connectivity index (χ1) is 12.3. The number of benzene rings is 1. The Balaban J connectivity index is 1.61. The molecule has 0 unspecified atom stereocenters. The van der Waals surface area contributed by atoms with Crippen LogP contribution in [0.2, 0.25) is 0 Å². The van der Waals surface area contributed by atoms with Gasteiger partial charge in [-0.05, 0) is 69.8 Å². The molecule has 2 N–H and O–H groups in total. The van der Waals surface area contributed by atoms with Gasteiger partial charge in [0.15, 0.2) is 5.69 Å². The van der Waals surface area contributed by atoms with Crippen molar-refractivity contribution in [1.29, 1.82) is 0 Å². The fourth-order valence-electron chi connectivity index (χ4n) is 3.53. The summed E-state index contributed by atoms with van der Waals surface area (Å²) in [5, 5.41) is 10.5. The molecule has 5 nitrogen and oxygen atoms in total. The van der Waals surface area contributed by atoms with Gasteiger partial charge in [0.2, 0.25) is 0 Å². The molecular weight excluding hydrogens is 331 g/mol. The number of anilines is 1. The maximum atomic E-state index is 14.8. The molecule has 26 heavy (non-hydrogen) atoms. The Bertz CT molecular complexity index is 861. The summed E-state index contributed by atoms with van der Waals surface area (Å²) in [7, 11) is 0. The summed E-state index contributed by atoms with van der Waals surface area (Å²) in [4.78, 5) is 12.7. The van der Waals surface area contributed by atoms with Crippen molar-refractivity contribution < 1.29 is 9.18 Å². The third-order valence-corrected chi connectivity index (χ3v) is 5.06. The molecule has 1 aliphatic heterocycles. The van der Waals surface area contributed by atoms with Gasteiger partial charge in [-0.3, -0.25) is 9.48 Å². The molecular formula is C20H25FN4O. The number of nitrogens with zero attached hydrogens (tertiary/aromatic N) is 2. The van der Waals surface area contributed by atoms with Gasteiger partial charge < -0.3 is 10.6 Å². The first-order valence-corrected chi connectivity index (χ1v) is 9.27. The molecule has 6 heteroatoms. The van der Waals surface area contributed by atoms with Crippen LogP contribution >= 0.6 is 0 Å². The van der Waals surface area contributed by atoms with E-state index in [-0.39, 0.29) is 23.0 Å². The van der Waals surface area contributed by atoms with E-state index in [1.54, 1.807) is 6.07 Å². The van der Waals surface area contributed by atoms with E-state index in [4.69, 9.17) is 0 Å². The Hall–Kier alpha value is -2.21. The largest absolute Gasteiger partial charge is 0.318 e. The lowest BCUT2D eigenvalue weighted by molar-refractivity contribution is 0.102. The van der Waals surface area contributed by atoms with Gasteiger partial charge >= 0.3 is 0 Å². The van der Waals surface area contributed by atoms with Gasteiger partial charge in [0.05, 0.1) is 11.2 Å². The fraction of sp³-hybridized carbons (Fsp3) is 0.500. The molecule has 1 aromatic carbocycles. The van der Waals surface area contributed by atoms with E-state index >= 15 is 0 Å². The maximum Gasteiger partial charge on any atom is 0.276 e. The van der Waals surface area contributed by atoms with Crippen LogP contribution in [0, 0.1) is 5.82 Å². The highest BCUT2D eigenvalue weighted by molar-refractivity contribution is 6.03. The van der Waals surface area contributed by atoms with Gasteiger partial charge in [-0.1, -0.05) is 6.07 Å². The van der Waals surface area contributed by atoms with Crippen LogP contribution in [0.3, 0.4) is 0 Å². The molecule has 1 aromatic heterocycles. The van der Waals surface area contributed by atoms with E-state index in [1.807, 2.05) is 16.8 Å². The number of hydrogen-bond donors (Lipinski definition) is 2. The zero-order chi connectivity index (χ0) is 18.5. The maximum absolute atomic E-state index is 14.8. The quantitative estimate of drug-likeness (QED) is 0.884. The van der Waals surface area contributed by atoms with Crippen LogP contribution in [0.4, 0.5) is 10.1 Å². The molecule has 0 atom stereocenters. The molecule has 1 saturated carbocycles. The molecule has 0 spiro atoms. The SMILES string of the molecule is CC(C)(C)n1nc(C(=O)Nc2ccc3c(c2F)CCNC3)cc1C1CC1. The molecule has 0 saturated heterocycles. The van der Waals surface area contributed by atoms with Gasteiger partial charge in [0.25, 0.3) is 5.91 Å². The molecule has 0 bridgehead atoms. The number of fused-ring (bicyclic) bond motifs is 1. The molecule has 2 aromatic rings. The van der Waals surface area contributed by atoms with Crippen LogP contribution in [0.15, 0.2) is 18.2 Å².